The van der Waals surface area contributed by atoms with Crippen molar-refractivity contribution < 1.29 is 4.74 Å². The van der Waals surface area contributed by atoms with Gasteiger partial charge in [0.2, 0.25) is 0 Å². The van der Waals surface area contributed by atoms with Crippen molar-refractivity contribution in [2.24, 2.45) is 4.99 Å². The molecule has 2 heteroatoms. The quantitative estimate of drug-likeness (QED) is 0.479. The van der Waals surface area contributed by atoms with Crippen LogP contribution in [0.5, 0.6) is 0 Å². The van der Waals surface area contributed by atoms with Gasteiger partial charge in [0, 0.05) is 0 Å². The van der Waals surface area contributed by atoms with Crippen LogP contribution >= 0.6 is 0 Å². The lowest BCUT2D eigenvalue weighted by Crippen LogP contribution is -2.25. The molecule has 0 amide bonds. The Morgan fingerprint density at radius 3 is 3.11 bits per heavy atom. The summed E-state index contributed by atoms with van der Waals surface area (Å²) < 4.78 is 5.27. The first-order valence-corrected chi connectivity index (χ1v) is 3.64. The molecule has 2 nitrogen and oxygen atoms in total. The molecule has 0 saturated heterocycles. The Balaban J connectivity index is 2.03. The van der Waals surface area contributed by atoms with Crippen LogP contribution < -0.4 is 0 Å². The van der Waals surface area contributed by atoms with Crippen molar-refractivity contribution in [3.63, 3.8) is 0 Å². The van der Waals surface area contributed by atoms with Crippen molar-refractivity contribution in [1.29, 1.82) is 0 Å². The first-order valence-electron chi connectivity index (χ1n) is 3.64. The van der Waals surface area contributed by atoms with Crippen LogP contribution in [-0.4, -0.2) is 18.5 Å². The molecule has 1 fully saturated rings. The first kappa shape index (κ1) is 5.27. The molecule has 9 heavy (non-hydrogen) atoms. The van der Waals surface area contributed by atoms with E-state index in [0.717, 1.165) is 0 Å². The molecular formula is C7H11NO. The highest BCUT2D eigenvalue weighted by Gasteiger charge is 2.28. The maximum absolute atomic E-state index is 5.27. The number of hydrogen-bond acceptors (Lipinski definition) is 2. The van der Waals surface area contributed by atoms with E-state index in [9.17, 15) is 0 Å². The summed E-state index contributed by atoms with van der Waals surface area (Å²) in [7, 11) is 0. The summed E-state index contributed by atoms with van der Waals surface area (Å²) in [6, 6.07) is 0.513. The molecule has 1 heterocycles. The van der Waals surface area contributed by atoms with E-state index >= 15 is 0 Å². The second-order valence-electron chi connectivity index (χ2n) is 2.78. The van der Waals surface area contributed by atoms with E-state index < -0.39 is 0 Å². The zero-order chi connectivity index (χ0) is 6.10. The molecular weight excluding hydrogens is 114 g/mol. The molecule has 2 atom stereocenters. The first-order chi connectivity index (χ1) is 4.47. The predicted molar refractivity (Wildman–Crippen MR) is 35.6 cm³/mol. The molecule has 0 bridgehead atoms. The monoisotopic (exact) mass is 125 g/mol. The average Bonchev–Trinajstić information content (AvgIpc) is 2.33. The Hall–Kier alpha value is -0.530. The molecule has 2 rings (SSSR count). The van der Waals surface area contributed by atoms with Crippen LogP contribution in [0.3, 0.4) is 0 Å². The largest absolute Gasteiger partial charge is 0.478 e. The van der Waals surface area contributed by atoms with Crippen molar-refractivity contribution in [1.82, 2.24) is 0 Å². The third kappa shape index (κ3) is 0.824. The van der Waals surface area contributed by atoms with Crippen LogP contribution in [0.25, 0.3) is 0 Å². The lowest BCUT2D eigenvalue weighted by Gasteiger charge is -2.21. The highest BCUT2D eigenvalue weighted by Crippen LogP contribution is 2.25. The van der Waals surface area contributed by atoms with Crippen LogP contribution in [0.4, 0.5) is 0 Å². The number of ether oxygens (including phenoxy) is 1. The Labute approximate surface area is 54.9 Å². The summed E-state index contributed by atoms with van der Waals surface area (Å²) >= 11 is 0. The van der Waals surface area contributed by atoms with E-state index in [4.69, 9.17) is 4.74 Å². The van der Waals surface area contributed by atoms with Crippen molar-refractivity contribution in [2.75, 3.05) is 0 Å². The zero-order valence-corrected chi connectivity index (χ0v) is 5.42. The molecule has 1 saturated carbocycles. The standard InChI is InChI=1S/C7H11NO/c1-2-4-7-6(3-1)8-5-9-7/h5-7H,1-4H2. The number of fused-ring (bicyclic) bond motifs is 1. The Morgan fingerprint density at radius 1 is 1.33 bits per heavy atom. The van der Waals surface area contributed by atoms with Gasteiger partial charge in [0.05, 0.1) is 6.04 Å². The van der Waals surface area contributed by atoms with Gasteiger partial charge in [-0.1, -0.05) is 6.42 Å². The smallest absolute Gasteiger partial charge is 0.170 e. The summed E-state index contributed by atoms with van der Waals surface area (Å²) in [6.07, 6.45) is 7.18. The summed E-state index contributed by atoms with van der Waals surface area (Å²) in [5.74, 6) is 0. The topological polar surface area (TPSA) is 21.6 Å². The van der Waals surface area contributed by atoms with Crippen molar-refractivity contribution in [2.45, 2.75) is 37.8 Å². The van der Waals surface area contributed by atoms with Gasteiger partial charge in [-0.15, -0.1) is 0 Å². The highest BCUT2D eigenvalue weighted by molar-refractivity contribution is 5.50. The van der Waals surface area contributed by atoms with Crippen LogP contribution in [0.1, 0.15) is 25.7 Å². The van der Waals surface area contributed by atoms with Gasteiger partial charge in [-0.25, -0.2) is 0 Å². The maximum Gasteiger partial charge on any atom is 0.170 e. The fourth-order valence-electron chi connectivity index (χ4n) is 1.60. The molecule has 0 aromatic heterocycles. The molecule has 0 N–H and O–H groups in total. The number of rotatable bonds is 0. The average molecular weight is 125 g/mol. The van der Waals surface area contributed by atoms with Gasteiger partial charge >= 0.3 is 0 Å². The fourth-order valence-corrected chi connectivity index (χ4v) is 1.60. The van der Waals surface area contributed by atoms with Crippen molar-refractivity contribution in [3.8, 4) is 0 Å². The van der Waals surface area contributed by atoms with E-state index in [1.807, 2.05) is 0 Å². The van der Waals surface area contributed by atoms with E-state index in [-0.39, 0.29) is 0 Å². The van der Waals surface area contributed by atoms with Crippen LogP contribution in [0.2, 0.25) is 0 Å². The van der Waals surface area contributed by atoms with Crippen LogP contribution in [0, 0.1) is 0 Å². The van der Waals surface area contributed by atoms with Gasteiger partial charge in [-0.3, -0.25) is 4.99 Å². The Morgan fingerprint density at radius 2 is 2.22 bits per heavy atom. The summed E-state index contributed by atoms with van der Waals surface area (Å²) in [5.41, 5.74) is 0. The molecule has 50 valence electrons. The van der Waals surface area contributed by atoms with Crippen molar-refractivity contribution in [3.05, 3.63) is 0 Å². The van der Waals surface area contributed by atoms with Gasteiger partial charge in [0.25, 0.3) is 0 Å². The van der Waals surface area contributed by atoms with E-state index in [1.54, 1.807) is 6.40 Å². The van der Waals surface area contributed by atoms with Crippen LogP contribution in [-0.2, 0) is 4.74 Å². The molecule has 2 aliphatic rings. The van der Waals surface area contributed by atoms with E-state index in [0.29, 0.717) is 12.1 Å². The molecule has 0 aromatic carbocycles. The summed E-state index contributed by atoms with van der Waals surface area (Å²) in [4.78, 5) is 4.21. The summed E-state index contributed by atoms with van der Waals surface area (Å²) in [6.45, 7) is 0. The molecule has 0 spiro atoms. The van der Waals surface area contributed by atoms with E-state index in [2.05, 4.69) is 4.99 Å². The van der Waals surface area contributed by atoms with E-state index in [1.165, 1.54) is 25.7 Å². The number of hydrogen-bond donors (Lipinski definition) is 0. The Kier molecular flexibility index (Phi) is 1.18. The predicted octanol–water partition coefficient (Wildman–Crippen LogP) is 1.36. The molecule has 0 aromatic rings. The van der Waals surface area contributed by atoms with Crippen LogP contribution in [0.15, 0.2) is 4.99 Å². The minimum Gasteiger partial charge on any atom is -0.478 e. The number of nitrogens with zero attached hydrogens (tertiary/aromatic N) is 1. The second-order valence-corrected chi connectivity index (χ2v) is 2.78. The minimum absolute atomic E-state index is 0.443. The molecule has 1 aliphatic heterocycles. The fraction of sp³-hybridized carbons (Fsp3) is 0.857. The zero-order valence-electron chi connectivity index (χ0n) is 5.42. The molecule has 1 aliphatic carbocycles. The highest BCUT2D eigenvalue weighted by atomic mass is 16.5. The van der Waals surface area contributed by atoms with Crippen molar-refractivity contribution >= 4 is 6.40 Å². The van der Waals surface area contributed by atoms with Gasteiger partial charge in [-0.05, 0) is 19.3 Å². The third-order valence-corrected chi connectivity index (χ3v) is 2.16. The summed E-state index contributed by atoms with van der Waals surface area (Å²) in [5, 5.41) is 0. The third-order valence-electron chi connectivity index (χ3n) is 2.16. The Bertz CT molecular complexity index is 133. The maximum atomic E-state index is 5.27. The lowest BCUT2D eigenvalue weighted by atomic mass is 9.94. The normalized spacial score (nSPS) is 40.0. The van der Waals surface area contributed by atoms with Gasteiger partial charge in [-0.2, -0.15) is 0 Å². The van der Waals surface area contributed by atoms with Gasteiger partial charge < -0.3 is 4.74 Å². The van der Waals surface area contributed by atoms with Gasteiger partial charge in [0.1, 0.15) is 6.10 Å². The SMILES string of the molecule is C1=NC2CCCCC2O1. The van der Waals surface area contributed by atoms with Gasteiger partial charge in [0.15, 0.2) is 6.40 Å². The lowest BCUT2D eigenvalue weighted by molar-refractivity contribution is 0.159. The second kappa shape index (κ2) is 2.01. The molecule has 2 unspecified atom stereocenters. The number of aliphatic imine (C=N–C) groups is 1. The minimum atomic E-state index is 0.443. The molecule has 0 radical (unpaired) electrons.